The highest BCUT2D eigenvalue weighted by Crippen LogP contribution is 2.47. The predicted octanol–water partition coefficient (Wildman–Crippen LogP) is 7.70. The van der Waals surface area contributed by atoms with Crippen LogP contribution in [0.3, 0.4) is 0 Å². The average Bonchev–Trinajstić information content (AvgIpc) is 3.32. The lowest BCUT2D eigenvalue weighted by atomic mass is 9.92. The Bertz CT molecular complexity index is 1300. The summed E-state index contributed by atoms with van der Waals surface area (Å²) in [5.41, 5.74) is 12.8. The number of hydrogen-bond acceptors (Lipinski definition) is 0. The van der Waals surface area contributed by atoms with Gasteiger partial charge in [-0.05, 0) is 68.5 Å². The lowest BCUT2D eigenvalue weighted by molar-refractivity contribution is 0.818. The normalized spacial score (nSPS) is 13.5. The van der Waals surface area contributed by atoms with Gasteiger partial charge in [-0.25, -0.2) is 0 Å². The average molecular weight is 427 g/mol. The fraction of sp³-hybridized carbons (Fsp3) is 0.143. The lowest BCUT2D eigenvalue weighted by Crippen LogP contribution is -2.17. The summed E-state index contributed by atoms with van der Waals surface area (Å²) in [5.74, 6) is 0. The van der Waals surface area contributed by atoms with Gasteiger partial charge in [0.25, 0.3) is 0 Å². The second-order valence-corrected chi connectivity index (χ2v) is 9.81. The van der Waals surface area contributed by atoms with Crippen molar-refractivity contribution in [1.29, 1.82) is 0 Å². The summed E-state index contributed by atoms with van der Waals surface area (Å²) in [7, 11) is 0. The van der Waals surface area contributed by atoms with E-state index in [2.05, 4.69) is 84.9 Å². The smallest absolute Gasteiger partial charge is 0.0959 e. The Morgan fingerprint density at radius 1 is 0.567 bits per heavy atom. The molecule has 4 aromatic carbocycles. The molecule has 0 nitrogen and oxygen atoms in total. The van der Waals surface area contributed by atoms with Gasteiger partial charge in [0.05, 0.1) is 0 Å². The van der Waals surface area contributed by atoms with Crippen molar-refractivity contribution in [3.05, 3.63) is 118 Å². The number of alkyl halides is 2. The summed E-state index contributed by atoms with van der Waals surface area (Å²) in [6, 6.07) is 30.1. The summed E-state index contributed by atoms with van der Waals surface area (Å²) in [6.45, 7) is 0. The van der Waals surface area contributed by atoms with E-state index in [1.165, 1.54) is 50.1 Å². The molecule has 0 aliphatic heterocycles. The Labute approximate surface area is 187 Å². The minimum atomic E-state index is -0.975. The van der Waals surface area contributed by atoms with Gasteiger partial charge in [0.2, 0.25) is 0 Å². The lowest BCUT2D eigenvalue weighted by Gasteiger charge is -2.24. The van der Waals surface area contributed by atoms with Gasteiger partial charge in [0, 0.05) is 6.42 Å². The van der Waals surface area contributed by atoms with Crippen LogP contribution in [0.15, 0.2) is 84.9 Å². The standard InChI is InChI=1S/C28H20Cl2/c29-28(30,27-14-6-13-24-22-11-4-2-8-19(22)16-26(24)27)17-20-9-5-12-23-21-10-3-1-7-18(21)15-25(20)23/h1-14H,15-17H2. The highest BCUT2D eigenvalue weighted by molar-refractivity contribution is 6.48. The van der Waals surface area contributed by atoms with Crippen LogP contribution in [0.2, 0.25) is 0 Å². The molecule has 0 saturated heterocycles. The number of rotatable bonds is 3. The first-order chi connectivity index (χ1) is 14.6. The van der Waals surface area contributed by atoms with Crippen LogP contribution in [0.25, 0.3) is 22.3 Å². The van der Waals surface area contributed by atoms with Gasteiger partial charge < -0.3 is 0 Å². The summed E-state index contributed by atoms with van der Waals surface area (Å²) >= 11 is 14.2. The highest BCUT2D eigenvalue weighted by atomic mass is 35.5. The topological polar surface area (TPSA) is 0 Å². The number of benzene rings is 4. The molecule has 0 saturated carbocycles. The number of hydrogen-bond donors (Lipinski definition) is 0. The molecule has 0 aromatic heterocycles. The molecule has 2 aliphatic carbocycles. The highest BCUT2D eigenvalue weighted by Gasteiger charge is 2.34. The third-order valence-electron chi connectivity index (χ3n) is 6.61. The monoisotopic (exact) mass is 426 g/mol. The largest absolute Gasteiger partial charge is 0.147 e. The van der Waals surface area contributed by atoms with E-state index in [0.717, 1.165) is 18.4 Å². The van der Waals surface area contributed by atoms with E-state index in [-0.39, 0.29) is 0 Å². The van der Waals surface area contributed by atoms with Crippen molar-refractivity contribution in [2.75, 3.05) is 0 Å². The van der Waals surface area contributed by atoms with Crippen LogP contribution in [0.1, 0.15) is 33.4 Å². The van der Waals surface area contributed by atoms with Gasteiger partial charge >= 0.3 is 0 Å². The zero-order valence-electron chi connectivity index (χ0n) is 16.5. The maximum Gasteiger partial charge on any atom is 0.147 e. The maximum atomic E-state index is 7.10. The van der Waals surface area contributed by atoms with E-state index in [4.69, 9.17) is 23.2 Å². The minimum absolute atomic E-state index is 0.597. The van der Waals surface area contributed by atoms with Gasteiger partial charge in [-0.3, -0.25) is 0 Å². The first kappa shape index (κ1) is 18.2. The number of halogens is 2. The molecule has 0 bridgehead atoms. The summed E-state index contributed by atoms with van der Waals surface area (Å²) in [5, 5.41) is 0. The molecular weight excluding hydrogens is 407 g/mol. The van der Waals surface area contributed by atoms with Crippen LogP contribution in [0.4, 0.5) is 0 Å². The van der Waals surface area contributed by atoms with Crippen LogP contribution in [-0.2, 0) is 23.6 Å². The van der Waals surface area contributed by atoms with Gasteiger partial charge in [0.1, 0.15) is 4.33 Å². The molecule has 0 radical (unpaired) electrons. The first-order valence-electron chi connectivity index (χ1n) is 10.4. The van der Waals surface area contributed by atoms with Crippen molar-refractivity contribution in [3.8, 4) is 22.3 Å². The molecular formula is C28H20Cl2. The molecule has 146 valence electrons. The molecule has 0 heterocycles. The SMILES string of the molecule is ClC(Cl)(Cc1cccc2c1Cc1ccccc1-2)c1cccc2c1Cc1ccccc1-2. The van der Waals surface area contributed by atoms with Crippen LogP contribution in [0, 0.1) is 0 Å². The van der Waals surface area contributed by atoms with Crippen molar-refractivity contribution in [2.24, 2.45) is 0 Å². The molecule has 6 rings (SSSR count). The third-order valence-corrected chi connectivity index (χ3v) is 7.28. The van der Waals surface area contributed by atoms with E-state index in [1.807, 2.05) is 0 Å². The van der Waals surface area contributed by atoms with E-state index in [1.54, 1.807) is 0 Å². The number of fused-ring (bicyclic) bond motifs is 6. The minimum Gasteiger partial charge on any atom is -0.0959 e. The van der Waals surface area contributed by atoms with Gasteiger partial charge in [-0.2, -0.15) is 0 Å². The second-order valence-electron chi connectivity index (χ2n) is 8.32. The molecule has 0 unspecified atom stereocenters. The Balaban J connectivity index is 1.40. The Morgan fingerprint density at radius 3 is 1.80 bits per heavy atom. The van der Waals surface area contributed by atoms with E-state index in [9.17, 15) is 0 Å². The zero-order valence-corrected chi connectivity index (χ0v) is 18.0. The fourth-order valence-corrected chi connectivity index (χ4v) is 5.87. The van der Waals surface area contributed by atoms with E-state index < -0.39 is 4.33 Å². The van der Waals surface area contributed by atoms with Crippen LogP contribution in [-0.4, -0.2) is 0 Å². The Kier molecular flexibility index (Phi) is 4.10. The summed E-state index contributed by atoms with van der Waals surface area (Å²) < 4.78 is -0.975. The first-order valence-corrected chi connectivity index (χ1v) is 11.1. The molecule has 0 N–H and O–H groups in total. The van der Waals surface area contributed by atoms with Crippen molar-refractivity contribution < 1.29 is 0 Å². The molecule has 2 aliphatic rings. The van der Waals surface area contributed by atoms with Crippen LogP contribution < -0.4 is 0 Å². The second kappa shape index (κ2) is 6.74. The molecule has 0 atom stereocenters. The van der Waals surface area contributed by atoms with Crippen molar-refractivity contribution in [1.82, 2.24) is 0 Å². The van der Waals surface area contributed by atoms with Crippen molar-refractivity contribution in [2.45, 2.75) is 23.6 Å². The molecule has 2 heteroatoms. The molecule has 0 spiro atoms. The molecule has 0 amide bonds. The summed E-state index contributed by atoms with van der Waals surface area (Å²) in [4.78, 5) is 0. The molecule has 0 fully saturated rings. The fourth-order valence-electron chi connectivity index (χ4n) is 5.22. The third kappa shape index (κ3) is 2.75. The van der Waals surface area contributed by atoms with Crippen LogP contribution >= 0.6 is 23.2 Å². The maximum absolute atomic E-state index is 7.10. The quantitative estimate of drug-likeness (QED) is 0.254. The van der Waals surface area contributed by atoms with Crippen molar-refractivity contribution >= 4 is 23.2 Å². The van der Waals surface area contributed by atoms with E-state index >= 15 is 0 Å². The van der Waals surface area contributed by atoms with Gasteiger partial charge in [-0.15, -0.1) is 0 Å². The van der Waals surface area contributed by atoms with E-state index in [0.29, 0.717) is 6.42 Å². The van der Waals surface area contributed by atoms with Gasteiger partial charge in [-0.1, -0.05) is 108 Å². The molecule has 4 aromatic rings. The zero-order chi connectivity index (χ0) is 20.3. The molecule has 30 heavy (non-hydrogen) atoms. The Morgan fingerprint density at radius 2 is 1.10 bits per heavy atom. The van der Waals surface area contributed by atoms with Crippen LogP contribution in [0.5, 0.6) is 0 Å². The van der Waals surface area contributed by atoms with Gasteiger partial charge in [0.15, 0.2) is 0 Å². The Hall–Kier alpha value is -2.54. The van der Waals surface area contributed by atoms with Crippen molar-refractivity contribution in [3.63, 3.8) is 0 Å². The predicted molar refractivity (Wildman–Crippen MR) is 126 cm³/mol. The summed E-state index contributed by atoms with van der Waals surface area (Å²) in [6.07, 6.45) is 2.44.